The number of ether oxygens (including phenoxy) is 3. The Hall–Kier alpha value is -2.42. The maximum atomic E-state index is 11.8. The van der Waals surface area contributed by atoms with Crippen molar-refractivity contribution < 1.29 is 19.0 Å². The summed E-state index contributed by atoms with van der Waals surface area (Å²) in [6.07, 6.45) is -0.853. The fraction of sp³-hybridized carbons (Fsp3) is 0.333. The van der Waals surface area contributed by atoms with Crippen molar-refractivity contribution in [2.24, 2.45) is 0 Å². The number of esters is 1. The van der Waals surface area contributed by atoms with Crippen LogP contribution in [0, 0.1) is 11.3 Å². The van der Waals surface area contributed by atoms with E-state index in [4.69, 9.17) is 25.2 Å². The number of nitrogen functional groups attached to an aromatic ring is 1. The fourth-order valence-electron chi connectivity index (χ4n) is 1.31. The molecule has 1 aromatic rings. The molecule has 0 spiro atoms. The lowest BCUT2D eigenvalue weighted by Gasteiger charge is -2.12. The molecule has 6 nitrogen and oxygen atoms in total. The van der Waals surface area contributed by atoms with E-state index in [0.717, 1.165) is 0 Å². The molecule has 0 saturated heterocycles. The second kappa shape index (κ2) is 5.77. The van der Waals surface area contributed by atoms with Crippen molar-refractivity contribution in [1.29, 1.82) is 5.26 Å². The molecule has 0 aliphatic heterocycles. The molecule has 6 heteroatoms. The lowest BCUT2D eigenvalue weighted by atomic mass is 10.1. The van der Waals surface area contributed by atoms with Crippen LogP contribution >= 0.6 is 0 Å². The van der Waals surface area contributed by atoms with Gasteiger partial charge in [-0.2, -0.15) is 5.26 Å². The van der Waals surface area contributed by atoms with Crippen molar-refractivity contribution in [3.8, 4) is 17.6 Å². The summed E-state index contributed by atoms with van der Waals surface area (Å²) in [5.74, 6) is 0.0299. The van der Waals surface area contributed by atoms with Crippen molar-refractivity contribution in [3.63, 3.8) is 0 Å². The number of carbonyl (C=O) groups is 1. The van der Waals surface area contributed by atoms with Crippen molar-refractivity contribution in [3.05, 3.63) is 17.7 Å². The topological polar surface area (TPSA) is 94.6 Å². The van der Waals surface area contributed by atoms with E-state index < -0.39 is 12.1 Å². The van der Waals surface area contributed by atoms with Crippen LogP contribution in [0.4, 0.5) is 5.69 Å². The summed E-state index contributed by atoms with van der Waals surface area (Å²) in [7, 11) is 2.89. The number of methoxy groups -OCH3 is 2. The van der Waals surface area contributed by atoms with Gasteiger partial charge in [-0.05, 0) is 13.0 Å². The third-order valence-electron chi connectivity index (χ3n) is 2.26. The van der Waals surface area contributed by atoms with E-state index in [9.17, 15) is 4.79 Å². The number of nitrogens with zero attached hydrogens (tertiary/aromatic N) is 1. The molecule has 0 heterocycles. The Balaban J connectivity index is 3.15. The van der Waals surface area contributed by atoms with Gasteiger partial charge in [-0.25, -0.2) is 4.79 Å². The van der Waals surface area contributed by atoms with Gasteiger partial charge >= 0.3 is 5.97 Å². The van der Waals surface area contributed by atoms with Crippen LogP contribution in [0.15, 0.2) is 12.1 Å². The number of rotatable bonds is 4. The lowest BCUT2D eigenvalue weighted by Crippen LogP contribution is -2.15. The smallest absolute Gasteiger partial charge is 0.341 e. The number of nitrogens with two attached hydrogens (primary N) is 1. The fourth-order valence-corrected chi connectivity index (χ4v) is 1.31. The largest absolute Gasteiger partial charge is 0.497 e. The minimum atomic E-state index is -0.853. The van der Waals surface area contributed by atoms with Crippen LogP contribution in [0.1, 0.15) is 17.3 Å². The minimum absolute atomic E-state index is 0.105. The van der Waals surface area contributed by atoms with Gasteiger partial charge in [0.05, 0.1) is 25.5 Å². The maximum absolute atomic E-state index is 11.8. The van der Waals surface area contributed by atoms with E-state index in [2.05, 4.69) is 0 Å². The molecule has 18 heavy (non-hydrogen) atoms. The zero-order chi connectivity index (χ0) is 13.7. The highest BCUT2D eigenvalue weighted by atomic mass is 16.5. The number of hydrogen-bond donors (Lipinski definition) is 1. The van der Waals surface area contributed by atoms with E-state index in [1.54, 1.807) is 12.1 Å². The molecular weight excluding hydrogens is 236 g/mol. The van der Waals surface area contributed by atoms with Gasteiger partial charge in [-0.3, -0.25) is 0 Å². The average Bonchev–Trinajstić information content (AvgIpc) is 2.38. The quantitative estimate of drug-likeness (QED) is 0.640. The molecule has 0 bridgehead atoms. The third kappa shape index (κ3) is 2.83. The normalized spacial score (nSPS) is 11.2. The molecule has 0 amide bonds. The van der Waals surface area contributed by atoms with E-state index in [0.29, 0.717) is 11.5 Å². The van der Waals surface area contributed by atoms with Crippen LogP contribution in [0.3, 0.4) is 0 Å². The van der Waals surface area contributed by atoms with E-state index in [1.807, 2.05) is 0 Å². The molecule has 96 valence electrons. The Morgan fingerprint density at radius 1 is 1.39 bits per heavy atom. The highest BCUT2D eigenvalue weighted by Crippen LogP contribution is 2.31. The Bertz CT molecular complexity index is 494. The predicted molar refractivity (Wildman–Crippen MR) is 64.4 cm³/mol. The molecule has 1 aromatic carbocycles. The number of anilines is 1. The average molecular weight is 250 g/mol. The van der Waals surface area contributed by atoms with Gasteiger partial charge in [0, 0.05) is 6.07 Å². The van der Waals surface area contributed by atoms with Crippen LogP contribution in [-0.2, 0) is 4.74 Å². The first-order valence-electron chi connectivity index (χ1n) is 5.15. The zero-order valence-electron chi connectivity index (χ0n) is 10.4. The molecule has 0 aliphatic rings. The number of nitriles is 1. The molecule has 0 fully saturated rings. The van der Waals surface area contributed by atoms with Crippen molar-refractivity contribution >= 4 is 11.7 Å². The molecule has 0 saturated carbocycles. The first-order chi connectivity index (χ1) is 8.53. The first kappa shape index (κ1) is 13.6. The van der Waals surface area contributed by atoms with Crippen LogP contribution in [0.5, 0.6) is 11.5 Å². The summed E-state index contributed by atoms with van der Waals surface area (Å²) < 4.78 is 14.9. The minimum Gasteiger partial charge on any atom is -0.497 e. The Kier molecular flexibility index (Phi) is 4.38. The number of carbonyl (C=O) groups excluding carboxylic acids is 1. The van der Waals surface area contributed by atoms with Crippen molar-refractivity contribution in [1.82, 2.24) is 0 Å². The summed E-state index contributed by atoms with van der Waals surface area (Å²) in [6.45, 7) is 1.46. The van der Waals surface area contributed by atoms with Crippen LogP contribution in [0.2, 0.25) is 0 Å². The Morgan fingerprint density at radius 3 is 2.56 bits per heavy atom. The van der Waals surface area contributed by atoms with Gasteiger partial charge in [0.15, 0.2) is 6.10 Å². The van der Waals surface area contributed by atoms with Gasteiger partial charge < -0.3 is 19.9 Å². The van der Waals surface area contributed by atoms with Gasteiger partial charge in [0.1, 0.15) is 17.6 Å². The summed E-state index contributed by atoms with van der Waals surface area (Å²) >= 11 is 0. The maximum Gasteiger partial charge on any atom is 0.341 e. The first-order valence-corrected chi connectivity index (χ1v) is 5.15. The Morgan fingerprint density at radius 2 is 2.06 bits per heavy atom. The highest BCUT2D eigenvalue weighted by Gasteiger charge is 2.19. The second-order valence-electron chi connectivity index (χ2n) is 3.47. The van der Waals surface area contributed by atoms with Gasteiger partial charge in [0.25, 0.3) is 0 Å². The second-order valence-corrected chi connectivity index (χ2v) is 3.47. The molecule has 1 atom stereocenters. The summed E-state index contributed by atoms with van der Waals surface area (Å²) in [5.41, 5.74) is 6.02. The molecule has 1 unspecified atom stereocenters. The third-order valence-corrected chi connectivity index (χ3v) is 2.26. The summed E-state index contributed by atoms with van der Waals surface area (Å²) in [5, 5.41) is 8.59. The van der Waals surface area contributed by atoms with Crippen molar-refractivity contribution in [2.75, 3.05) is 20.0 Å². The molecule has 0 aliphatic carbocycles. The Labute approximate surface area is 105 Å². The zero-order valence-corrected chi connectivity index (χ0v) is 10.4. The number of benzene rings is 1. The van der Waals surface area contributed by atoms with Crippen LogP contribution in [-0.4, -0.2) is 26.3 Å². The monoisotopic (exact) mass is 250 g/mol. The van der Waals surface area contributed by atoms with Gasteiger partial charge in [-0.1, -0.05) is 0 Å². The molecule has 0 aromatic heterocycles. The SMILES string of the molecule is COc1cc(OC)c(N)c(C(=O)OC(C)C#N)c1. The van der Waals surface area contributed by atoms with Crippen LogP contribution in [0.25, 0.3) is 0 Å². The molecular formula is C12H14N2O4. The number of hydrogen-bond acceptors (Lipinski definition) is 6. The van der Waals surface area contributed by atoms with Gasteiger partial charge in [-0.15, -0.1) is 0 Å². The predicted octanol–water partition coefficient (Wildman–Crippen LogP) is 1.35. The molecule has 1 rings (SSSR count). The van der Waals surface area contributed by atoms with Gasteiger partial charge in [0.2, 0.25) is 0 Å². The molecule has 2 N–H and O–H groups in total. The standard InChI is InChI=1S/C12H14N2O4/c1-7(6-13)18-12(15)9-4-8(16-2)5-10(17-3)11(9)14/h4-5,7H,14H2,1-3H3. The highest BCUT2D eigenvalue weighted by molar-refractivity contribution is 5.97. The van der Waals surface area contributed by atoms with E-state index >= 15 is 0 Å². The van der Waals surface area contributed by atoms with E-state index in [-0.39, 0.29) is 11.3 Å². The summed E-state index contributed by atoms with van der Waals surface area (Å²) in [4.78, 5) is 11.8. The van der Waals surface area contributed by atoms with Crippen LogP contribution < -0.4 is 15.2 Å². The molecule has 0 radical (unpaired) electrons. The van der Waals surface area contributed by atoms with E-state index in [1.165, 1.54) is 27.2 Å². The lowest BCUT2D eigenvalue weighted by molar-refractivity contribution is 0.0436. The summed E-state index contributed by atoms with van der Waals surface area (Å²) in [6, 6.07) is 4.79. The van der Waals surface area contributed by atoms with Crippen molar-refractivity contribution in [2.45, 2.75) is 13.0 Å².